The van der Waals surface area contributed by atoms with Gasteiger partial charge in [-0.25, -0.2) is 0 Å². The summed E-state index contributed by atoms with van der Waals surface area (Å²) in [5, 5.41) is 18.5. The van der Waals surface area contributed by atoms with Gasteiger partial charge in [0.1, 0.15) is 0 Å². The summed E-state index contributed by atoms with van der Waals surface area (Å²) >= 11 is 0. The molecule has 1 heterocycles. The number of nitrogens with zero attached hydrogens (tertiary/aromatic N) is 1. The van der Waals surface area contributed by atoms with Crippen LogP contribution in [-0.4, -0.2) is 33.4 Å². The van der Waals surface area contributed by atoms with Gasteiger partial charge in [-0.05, 0) is 26.2 Å². The number of nitrogens with two attached hydrogens (primary N) is 1. The fourth-order valence-corrected chi connectivity index (χ4v) is 1.84. The first-order chi connectivity index (χ1) is 7.58. The van der Waals surface area contributed by atoms with E-state index in [-0.39, 0.29) is 18.2 Å². The van der Waals surface area contributed by atoms with Crippen LogP contribution >= 0.6 is 0 Å². The van der Waals surface area contributed by atoms with Crippen molar-refractivity contribution in [1.29, 1.82) is 0 Å². The molecule has 1 aliphatic carbocycles. The van der Waals surface area contributed by atoms with Crippen molar-refractivity contribution in [2.24, 2.45) is 0 Å². The average molecular weight is 224 g/mol. The first-order valence-corrected chi connectivity index (χ1v) is 5.32. The summed E-state index contributed by atoms with van der Waals surface area (Å²) in [7, 11) is 0. The molecule has 0 saturated heterocycles. The van der Waals surface area contributed by atoms with Crippen LogP contribution in [0.15, 0.2) is 0 Å². The van der Waals surface area contributed by atoms with Crippen LogP contribution in [0.5, 0.6) is 0 Å². The van der Waals surface area contributed by atoms with E-state index in [0.29, 0.717) is 11.4 Å². The number of anilines is 1. The molecule has 1 aromatic rings. The molecule has 1 aromatic heterocycles. The van der Waals surface area contributed by atoms with E-state index in [2.05, 4.69) is 15.5 Å². The van der Waals surface area contributed by atoms with Gasteiger partial charge < -0.3 is 16.2 Å². The van der Waals surface area contributed by atoms with E-state index in [1.165, 1.54) is 0 Å². The maximum absolute atomic E-state index is 11.9. The zero-order valence-electron chi connectivity index (χ0n) is 9.21. The van der Waals surface area contributed by atoms with Crippen LogP contribution in [0, 0.1) is 6.92 Å². The van der Waals surface area contributed by atoms with Gasteiger partial charge in [0, 0.05) is 0 Å². The summed E-state index contributed by atoms with van der Waals surface area (Å²) in [5.41, 5.74) is 6.49. The number of carbonyl (C=O) groups is 1. The highest BCUT2D eigenvalue weighted by atomic mass is 16.3. The number of aliphatic hydroxyl groups is 1. The highest BCUT2D eigenvalue weighted by molar-refractivity contribution is 5.98. The Labute approximate surface area is 93.2 Å². The molecular weight excluding hydrogens is 208 g/mol. The van der Waals surface area contributed by atoms with Gasteiger partial charge in [0.05, 0.1) is 23.5 Å². The summed E-state index contributed by atoms with van der Waals surface area (Å²) in [6.07, 6.45) is 2.63. The topological polar surface area (TPSA) is 104 Å². The highest BCUT2D eigenvalue weighted by Gasteiger charge is 2.38. The second-order valence-corrected chi connectivity index (χ2v) is 4.36. The fourth-order valence-electron chi connectivity index (χ4n) is 1.84. The molecule has 2 rings (SSSR count). The average Bonchev–Trinajstić information content (AvgIpc) is 2.54. The lowest BCUT2D eigenvalue weighted by Crippen LogP contribution is -2.56. The number of H-pyrrole nitrogens is 1. The Morgan fingerprint density at radius 1 is 1.69 bits per heavy atom. The summed E-state index contributed by atoms with van der Waals surface area (Å²) in [4.78, 5) is 11.9. The van der Waals surface area contributed by atoms with E-state index in [1.807, 2.05) is 0 Å². The van der Waals surface area contributed by atoms with Crippen LogP contribution in [0.4, 0.5) is 5.69 Å². The van der Waals surface area contributed by atoms with Gasteiger partial charge in [0.2, 0.25) is 0 Å². The number of aliphatic hydroxyl groups excluding tert-OH is 1. The molecule has 0 bridgehead atoms. The van der Waals surface area contributed by atoms with Gasteiger partial charge >= 0.3 is 0 Å². The lowest BCUT2D eigenvalue weighted by atomic mass is 9.77. The van der Waals surface area contributed by atoms with Crippen molar-refractivity contribution in [1.82, 2.24) is 15.5 Å². The number of nitrogens with one attached hydrogen (secondary N) is 2. The van der Waals surface area contributed by atoms with Crippen LogP contribution in [0.2, 0.25) is 0 Å². The van der Waals surface area contributed by atoms with E-state index in [1.54, 1.807) is 6.92 Å². The van der Waals surface area contributed by atoms with Crippen LogP contribution < -0.4 is 11.1 Å². The molecule has 0 spiro atoms. The second-order valence-electron chi connectivity index (χ2n) is 4.36. The maximum atomic E-state index is 11.9. The third-order valence-electron chi connectivity index (χ3n) is 3.20. The molecule has 16 heavy (non-hydrogen) atoms. The molecule has 5 N–H and O–H groups in total. The summed E-state index contributed by atoms with van der Waals surface area (Å²) in [6.45, 7) is 1.71. The zero-order chi connectivity index (χ0) is 11.8. The molecule has 0 aliphatic heterocycles. The molecule has 6 nitrogen and oxygen atoms in total. The SMILES string of the molecule is Cc1[nH]nc(C(=O)NC2(CO)CCC2)c1N. The number of carbonyl (C=O) groups excluding carboxylic acids is 1. The first kappa shape index (κ1) is 10.9. The Morgan fingerprint density at radius 2 is 2.38 bits per heavy atom. The van der Waals surface area contributed by atoms with Crippen LogP contribution in [0.3, 0.4) is 0 Å². The van der Waals surface area contributed by atoms with Gasteiger partial charge in [-0.1, -0.05) is 0 Å². The number of rotatable bonds is 3. The van der Waals surface area contributed by atoms with Gasteiger partial charge in [-0.2, -0.15) is 5.10 Å². The van der Waals surface area contributed by atoms with Crippen molar-refractivity contribution < 1.29 is 9.90 Å². The molecular formula is C10H16N4O2. The minimum Gasteiger partial charge on any atom is -0.395 e. The number of aryl methyl sites for hydroxylation is 1. The van der Waals surface area contributed by atoms with Crippen molar-refractivity contribution in [2.45, 2.75) is 31.7 Å². The number of aromatic nitrogens is 2. The predicted octanol–water partition coefficient (Wildman–Crippen LogP) is -0.0549. The molecule has 0 radical (unpaired) electrons. The first-order valence-electron chi connectivity index (χ1n) is 5.32. The molecule has 0 unspecified atom stereocenters. The number of amides is 1. The van der Waals surface area contributed by atoms with E-state index >= 15 is 0 Å². The maximum Gasteiger partial charge on any atom is 0.274 e. The molecule has 6 heteroatoms. The standard InChI is InChI=1S/C10H16N4O2/c1-6-7(11)8(14-13-6)9(16)12-10(5-15)3-2-4-10/h15H,2-5,11H2,1H3,(H,12,16)(H,13,14). The van der Waals surface area contributed by atoms with Crippen molar-refractivity contribution in [2.75, 3.05) is 12.3 Å². The normalized spacial score (nSPS) is 17.9. The quantitative estimate of drug-likeness (QED) is 0.577. The molecule has 1 aliphatic rings. The number of nitrogen functional groups attached to an aromatic ring is 1. The van der Waals surface area contributed by atoms with E-state index in [0.717, 1.165) is 19.3 Å². The molecule has 1 amide bonds. The Morgan fingerprint density at radius 3 is 2.75 bits per heavy atom. The predicted molar refractivity (Wildman–Crippen MR) is 58.9 cm³/mol. The second kappa shape index (κ2) is 3.79. The fraction of sp³-hybridized carbons (Fsp3) is 0.600. The van der Waals surface area contributed by atoms with Crippen molar-refractivity contribution in [3.8, 4) is 0 Å². The highest BCUT2D eigenvalue weighted by Crippen LogP contribution is 2.31. The number of hydrogen-bond donors (Lipinski definition) is 4. The third-order valence-corrected chi connectivity index (χ3v) is 3.20. The zero-order valence-corrected chi connectivity index (χ0v) is 9.21. The van der Waals surface area contributed by atoms with Gasteiger partial charge in [-0.3, -0.25) is 9.89 Å². The van der Waals surface area contributed by atoms with Crippen molar-refractivity contribution >= 4 is 11.6 Å². The summed E-state index contributed by atoms with van der Waals surface area (Å²) in [5.74, 6) is -0.324. The summed E-state index contributed by atoms with van der Waals surface area (Å²) < 4.78 is 0. The Balaban J connectivity index is 2.11. The Hall–Kier alpha value is -1.56. The number of hydrogen-bond acceptors (Lipinski definition) is 4. The minimum absolute atomic E-state index is 0.0396. The smallest absolute Gasteiger partial charge is 0.274 e. The minimum atomic E-state index is -0.462. The lowest BCUT2D eigenvalue weighted by Gasteiger charge is -2.40. The Bertz CT molecular complexity index is 403. The largest absolute Gasteiger partial charge is 0.395 e. The van der Waals surface area contributed by atoms with Crippen LogP contribution in [-0.2, 0) is 0 Å². The van der Waals surface area contributed by atoms with Crippen LogP contribution in [0.1, 0.15) is 35.4 Å². The van der Waals surface area contributed by atoms with E-state index < -0.39 is 5.54 Å². The molecule has 0 aromatic carbocycles. The monoisotopic (exact) mass is 224 g/mol. The van der Waals surface area contributed by atoms with Crippen LogP contribution in [0.25, 0.3) is 0 Å². The molecule has 0 atom stereocenters. The van der Waals surface area contributed by atoms with Gasteiger partial charge in [-0.15, -0.1) is 0 Å². The van der Waals surface area contributed by atoms with Gasteiger partial charge in [0.25, 0.3) is 5.91 Å². The van der Waals surface area contributed by atoms with Crippen molar-refractivity contribution in [3.63, 3.8) is 0 Å². The third kappa shape index (κ3) is 1.65. The van der Waals surface area contributed by atoms with E-state index in [4.69, 9.17) is 5.73 Å². The molecule has 88 valence electrons. The molecule has 1 fully saturated rings. The lowest BCUT2D eigenvalue weighted by molar-refractivity contribution is 0.0638. The van der Waals surface area contributed by atoms with Crippen molar-refractivity contribution in [3.05, 3.63) is 11.4 Å². The number of aromatic amines is 1. The molecule has 1 saturated carbocycles. The Kier molecular flexibility index (Phi) is 2.59. The van der Waals surface area contributed by atoms with Gasteiger partial charge in [0.15, 0.2) is 5.69 Å². The summed E-state index contributed by atoms with van der Waals surface area (Å²) in [6, 6.07) is 0. The van der Waals surface area contributed by atoms with E-state index in [9.17, 15) is 9.90 Å².